The molecule has 0 aromatic carbocycles. The predicted octanol–water partition coefficient (Wildman–Crippen LogP) is 1.78. The molecule has 0 saturated heterocycles. The average molecular weight is 375 g/mol. The third-order valence-electron chi connectivity index (χ3n) is 2.57. The molecule has 0 radical (unpaired) electrons. The predicted molar refractivity (Wildman–Crippen MR) is 81.1 cm³/mol. The lowest BCUT2D eigenvalue weighted by atomic mass is 10.1. The normalized spacial score (nSPS) is 11.2. The molecule has 0 aliphatic carbocycles. The van der Waals surface area contributed by atoms with Gasteiger partial charge in [0.15, 0.2) is 11.0 Å². The number of hydrogen-bond donors (Lipinski definition) is 2. The maximum Gasteiger partial charge on any atom is 0.343 e. The van der Waals surface area contributed by atoms with Gasteiger partial charge in [-0.1, -0.05) is 28.3 Å². The molecule has 0 unspecified atom stereocenters. The fourth-order valence-corrected chi connectivity index (χ4v) is 1.94. The van der Waals surface area contributed by atoms with Crippen LogP contribution in [0.4, 0.5) is 10.3 Å². The highest BCUT2D eigenvalue weighted by atomic mass is 35.5. The van der Waals surface area contributed by atoms with E-state index >= 15 is 0 Å². The Bertz CT molecular complexity index is 796. The first-order valence-corrected chi connectivity index (χ1v) is 7.13. The van der Waals surface area contributed by atoms with E-state index in [1.165, 1.54) is 0 Å². The summed E-state index contributed by atoms with van der Waals surface area (Å²) in [6.45, 7) is 1.58. The molecule has 2 aromatic heterocycles. The monoisotopic (exact) mass is 374 g/mol. The number of H-pyrrole nitrogens is 1. The number of rotatable bonds is 6. The van der Waals surface area contributed by atoms with Crippen molar-refractivity contribution < 1.29 is 18.7 Å². The van der Waals surface area contributed by atoms with Gasteiger partial charge in [0.05, 0.1) is 12.2 Å². The van der Waals surface area contributed by atoms with Crippen LogP contribution in [0, 0.1) is 5.82 Å². The maximum atomic E-state index is 13.6. The van der Waals surface area contributed by atoms with E-state index in [9.17, 15) is 14.0 Å². The first-order chi connectivity index (χ1) is 11.4. The molecule has 2 rings (SSSR count). The molecule has 0 bridgehead atoms. The number of aromatic nitrogens is 5. The Morgan fingerprint density at radius 2 is 2.17 bits per heavy atom. The zero-order chi connectivity index (χ0) is 17.7. The van der Waals surface area contributed by atoms with E-state index in [1.54, 1.807) is 6.92 Å². The summed E-state index contributed by atoms with van der Waals surface area (Å²) in [4.78, 5) is 28.0. The van der Waals surface area contributed by atoms with Crippen LogP contribution < -0.4 is 5.32 Å². The molecule has 2 N–H and O–H groups in total. The second kappa shape index (κ2) is 7.79. The maximum absolute atomic E-state index is 13.6. The Balaban J connectivity index is 2.39. The van der Waals surface area contributed by atoms with E-state index in [4.69, 9.17) is 27.9 Å². The van der Waals surface area contributed by atoms with Crippen LogP contribution in [0.2, 0.25) is 10.3 Å². The van der Waals surface area contributed by atoms with Crippen molar-refractivity contribution in [1.82, 2.24) is 25.6 Å². The second-order valence-electron chi connectivity index (χ2n) is 4.10. The minimum absolute atomic E-state index is 0.0221. The number of halogens is 3. The molecule has 9 nitrogen and oxygen atoms in total. The molecular weight excluding hydrogens is 366 g/mol. The SMILES string of the molecule is CCOC(=O)/C(=C\Nc1nnn[nH]1)C(=O)c1cc(F)c(Cl)nc1Cl. The third kappa shape index (κ3) is 4.03. The van der Waals surface area contributed by atoms with Crippen molar-refractivity contribution >= 4 is 40.9 Å². The van der Waals surface area contributed by atoms with Crippen LogP contribution in [0.5, 0.6) is 0 Å². The number of aromatic amines is 1. The number of nitrogens with zero attached hydrogens (tertiary/aromatic N) is 4. The van der Waals surface area contributed by atoms with Crippen molar-refractivity contribution in [3.8, 4) is 0 Å². The molecule has 0 atom stereocenters. The van der Waals surface area contributed by atoms with Crippen LogP contribution in [0.15, 0.2) is 17.8 Å². The summed E-state index contributed by atoms with van der Waals surface area (Å²) < 4.78 is 18.4. The highest BCUT2D eigenvalue weighted by Crippen LogP contribution is 2.23. The quantitative estimate of drug-likeness (QED) is 0.196. The molecule has 2 heterocycles. The molecule has 12 heteroatoms. The van der Waals surface area contributed by atoms with Gasteiger partial charge in [-0.2, -0.15) is 0 Å². The number of ketones is 1. The van der Waals surface area contributed by atoms with Gasteiger partial charge in [0.25, 0.3) is 0 Å². The van der Waals surface area contributed by atoms with E-state index in [-0.39, 0.29) is 23.3 Å². The first-order valence-electron chi connectivity index (χ1n) is 6.37. The topological polar surface area (TPSA) is 123 Å². The van der Waals surface area contributed by atoms with E-state index in [2.05, 4.69) is 30.9 Å². The molecule has 0 spiro atoms. The van der Waals surface area contributed by atoms with Crippen LogP contribution in [0.3, 0.4) is 0 Å². The van der Waals surface area contributed by atoms with Crippen molar-refractivity contribution in [2.24, 2.45) is 0 Å². The fraction of sp³-hybridized carbons (Fsp3) is 0.167. The van der Waals surface area contributed by atoms with Gasteiger partial charge in [0.2, 0.25) is 11.7 Å². The number of pyridine rings is 1. The van der Waals surface area contributed by atoms with Crippen LogP contribution in [-0.2, 0) is 9.53 Å². The van der Waals surface area contributed by atoms with Crippen LogP contribution in [-0.4, -0.2) is 44.0 Å². The van der Waals surface area contributed by atoms with E-state index in [0.717, 1.165) is 12.3 Å². The summed E-state index contributed by atoms with van der Waals surface area (Å²) in [6, 6.07) is 0.781. The number of tetrazole rings is 1. The number of carbonyl (C=O) groups excluding carboxylic acids is 2. The van der Waals surface area contributed by atoms with Crippen molar-refractivity contribution in [3.63, 3.8) is 0 Å². The lowest BCUT2D eigenvalue weighted by molar-refractivity contribution is -0.138. The van der Waals surface area contributed by atoms with Gasteiger partial charge in [0, 0.05) is 6.20 Å². The van der Waals surface area contributed by atoms with Crippen molar-refractivity contribution in [2.75, 3.05) is 11.9 Å². The molecule has 2 aromatic rings. The molecule has 126 valence electrons. The number of Topliss-reactive ketones (excluding diaryl/α,β-unsaturated/α-hetero) is 1. The summed E-state index contributed by atoms with van der Waals surface area (Å²) in [5, 5.41) is 14.1. The van der Waals surface area contributed by atoms with Gasteiger partial charge in [-0.25, -0.2) is 19.3 Å². The largest absolute Gasteiger partial charge is 0.462 e. The number of anilines is 1. The summed E-state index contributed by atoms with van der Waals surface area (Å²) in [5.74, 6) is -2.76. The first kappa shape index (κ1) is 17.8. The van der Waals surface area contributed by atoms with Gasteiger partial charge < -0.3 is 10.1 Å². The number of ether oxygens (including phenoxy) is 1. The molecular formula is C12H9Cl2FN6O3. The standard InChI is InChI=1S/C12H9Cl2FN6O3/c1-2-24-11(23)6(4-16-12-18-20-21-19-12)8(22)5-3-7(15)10(14)17-9(5)13/h3-4H,2H2,1H3,(H2,16,18,19,20,21)/b6-4-. The Hall–Kier alpha value is -2.59. The van der Waals surface area contributed by atoms with Gasteiger partial charge in [-0.15, -0.1) is 0 Å². The van der Waals surface area contributed by atoms with E-state index in [1.807, 2.05) is 0 Å². The molecule has 0 saturated carbocycles. The van der Waals surface area contributed by atoms with Gasteiger partial charge in [-0.05, 0) is 23.4 Å². The Labute approximate surface area is 144 Å². The van der Waals surface area contributed by atoms with E-state index < -0.39 is 28.3 Å². The summed E-state index contributed by atoms with van der Waals surface area (Å²) in [7, 11) is 0. The van der Waals surface area contributed by atoms with Crippen LogP contribution in [0.25, 0.3) is 0 Å². The number of nitrogens with one attached hydrogen (secondary N) is 2. The Morgan fingerprint density at radius 1 is 1.42 bits per heavy atom. The minimum Gasteiger partial charge on any atom is -0.462 e. The van der Waals surface area contributed by atoms with Gasteiger partial charge >= 0.3 is 5.97 Å². The van der Waals surface area contributed by atoms with E-state index in [0.29, 0.717) is 0 Å². The van der Waals surface area contributed by atoms with Crippen molar-refractivity contribution in [2.45, 2.75) is 6.92 Å². The molecule has 0 aliphatic heterocycles. The van der Waals surface area contributed by atoms with Gasteiger partial charge in [-0.3, -0.25) is 4.79 Å². The number of carbonyl (C=O) groups is 2. The molecule has 0 amide bonds. The Morgan fingerprint density at radius 3 is 2.79 bits per heavy atom. The highest BCUT2D eigenvalue weighted by molar-refractivity contribution is 6.37. The van der Waals surface area contributed by atoms with Crippen molar-refractivity contribution in [1.29, 1.82) is 0 Å². The lowest BCUT2D eigenvalue weighted by Gasteiger charge is -2.08. The highest BCUT2D eigenvalue weighted by Gasteiger charge is 2.25. The van der Waals surface area contributed by atoms with Crippen LogP contribution >= 0.6 is 23.2 Å². The second-order valence-corrected chi connectivity index (χ2v) is 4.82. The Kier molecular flexibility index (Phi) is 5.77. The molecule has 0 aliphatic rings. The smallest absolute Gasteiger partial charge is 0.343 e. The summed E-state index contributed by atoms with van der Waals surface area (Å²) in [6.07, 6.45) is 1.01. The minimum atomic E-state index is -0.958. The number of hydrogen-bond acceptors (Lipinski definition) is 8. The molecule has 0 fully saturated rings. The van der Waals surface area contributed by atoms with Gasteiger partial charge in [0.1, 0.15) is 10.7 Å². The zero-order valence-corrected chi connectivity index (χ0v) is 13.5. The lowest BCUT2D eigenvalue weighted by Crippen LogP contribution is -2.18. The number of esters is 1. The fourth-order valence-electron chi connectivity index (χ4n) is 1.54. The molecule has 24 heavy (non-hydrogen) atoms. The summed E-state index contributed by atoms with van der Waals surface area (Å²) in [5.41, 5.74) is -0.811. The third-order valence-corrected chi connectivity index (χ3v) is 3.12. The zero-order valence-electron chi connectivity index (χ0n) is 12.0. The average Bonchev–Trinajstić information content (AvgIpc) is 3.04. The van der Waals surface area contributed by atoms with Crippen LogP contribution in [0.1, 0.15) is 17.3 Å². The van der Waals surface area contributed by atoms with Crippen molar-refractivity contribution in [3.05, 3.63) is 39.5 Å². The summed E-state index contributed by atoms with van der Waals surface area (Å²) >= 11 is 11.3.